The van der Waals surface area contributed by atoms with Crippen LogP contribution < -0.4 is 5.32 Å². The lowest BCUT2D eigenvalue weighted by atomic mass is 9.74. The van der Waals surface area contributed by atoms with E-state index in [1.54, 1.807) is 13.8 Å². The molecule has 1 aliphatic rings. The first-order chi connectivity index (χ1) is 6.77. The molecule has 1 atom stereocenters. The molecule has 15 heavy (non-hydrogen) atoms. The monoisotopic (exact) mass is 215 g/mol. The molecule has 0 bridgehead atoms. The zero-order chi connectivity index (χ0) is 11.7. The Balaban J connectivity index is 2.68. The maximum Gasteiger partial charge on any atom is 0.310 e. The SMILES string of the molecule is CC(C)(NC1CCOC1)C(C)(C)C(=O)O. The number of carbonyl (C=O) groups is 1. The number of rotatable bonds is 4. The normalized spacial score (nSPS) is 23.1. The van der Waals surface area contributed by atoms with Gasteiger partial charge in [-0.25, -0.2) is 0 Å². The van der Waals surface area contributed by atoms with Crippen LogP contribution in [0.3, 0.4) is 0 Å². The molecule has 1 heterocycles. The fraction of sp³-hybridized carbons (Fsp3) is 0.909. The van der Waals surface area contributed by atoms with Crippen molar-refractivity contribution in [3.8, 4) is 0 Å². The van der Waals surface area contributed by atoms with Crippen molar-refractivity contribution in [3.63, 3.8) is 0 Å². The lowest BCUT2D eigenvalue weighted by Crippen LogP contribution is -2.58. The predicted molar refractivity (Wildman–Crippen MR) is 57.9 cm³/mol. The molecular weight excluding hydrogens is 194 g/mol. The van der Waals surface area contributed by atoms with Gasteiger partial charge >= 0.3 is 5.97 Å². The molecule has 88 valence electrons. The highest BCUT2D eigenvalue weighted by Crippen LogP contribution is 2.31. The van der Waals surface area contributed by atoms with Crippen molar-refractivity contribution >= 4 is 5.97 Å². The van der Waals surface area contributed by atoms with E-state index in [1.807, 2.05) is 13.8 Å². The van der Waals surface area contributed by atoms with Crippen LogP contribution in [0.5, 0.6) is 0 Å². The topological polar surface area (TPSA) is 58.6 Å². The van der Waals surface area contributed by atoms with Crippen LogP contribution in [0.2, 0.25) is 0 Å². The second-order valence-corrected chi connectivity index (χ2v) is 5.26. The molecule has 1 saturated heterocycles. The number of hydrogen-bond acceptors (Lipinski definition) is 3. The zero-order valence-electron chi connectivity index (χ0n) is 9.96. The van der Waals surface area contributed by atoms with Gasteiger partial charge in [0.25, 0.3) is 0 Å². The summed E-state index contributed by atoms with van der Waals surface area (Å²) in [6.45, 7) is 8.80. The predicted octanol–water partition coefficient (Wildman–Crippen LogP) is 1.25. The van der Waals surface area contributed by atoms with Crippen LogP contribution in [0, 0.1) is 5.41 Å². The Bertz CT molecular complexity index is 242. The van der Waals surface area contributed by atoms with Gasteiger partial charge in [-0.1, -0.05) is 0 Å². The summed E-state index contributed by atoms with van der Waals surface area (Å²) in [5.41, 5.74) is -1.24. The summed E-state index contributed by atoms with van der Waals surface area (Å²) in [6, 6.07) is 0.277. The highest BCUT2D eigenvalue weighted by atomic mass is 16.5. The first-order valence-electron chi connectivity index (χ1n) is 5.36. The van der Waals surface area contributed by atoms with Gasteiger partial charge in [0.2, 0.25) is 0 Å². The maximum atomic E-state index is 11.2. The first kappa shape index (κ1) is 12.5. The van der Waals surface area contributed by atoms with Crippen molar-refractivity contribution in [1.29, 1.82) is 0 Å². The van der Waals surface area contributed by atoms with Gasteiger partial charge < -0.3 is 15.2 Å². The van der Waals surface area contributed by atoms with Gasteiger partial charge in [0.15, 0.2) is 0 Å². The number of nitrogens with one attached hydrogen (secondary N) is 1. The molecule has 0 amide bonds. The Hall–Kier alpha value is -0.610. The summed E-state index contributed by atoms with van der Waals surface area (Å²) >= 11 is 0. The molecule has 1 aliphatic heterocycles. The molecule has 1 rings (SSSR count). The summed E-state index contributed by atoms with van der Waals surface area (Å²) in [5, 5.41) is 12.6. The van der Waals surface area contributed by atoms with E-state index in [0.717, 1.165) is 13.0 Å². The Morgan fingerprint density at radius 3 is 2.40 bits per heavy atom. The van der Waals surface area contributed by atoms with Crippen molar-refractivity contribution in [3.05, 3.63) is 0 Å². The number of carboxylic acids is 1. The number of hydrogen-bond donors (Lipinski definition) is 2. The van der Waals surface area contributed by atoms with Crippen molar-refractivity contribution in [2.75, 3.05) is 13.2 Å². The molecule has 0 saturated carbocycles. The van der Waals surface area contributed by atoms with Gasteiger partial charge in [0.05, 0.1) is 12.0 Å². The highest BCUT2D eigenvalue weighted by molar-refractivity contribution is 5.75. The largest absolute Gasteiger partial charge is 0.481 e. The Morgan fingerprint density at radius 2 is 2.00 bits per heavy atom. The van der Waals surface area contributed by atoms with Crippen LogP contribution >= 0.6 is 0 Å². The van der Waals surface area contributed by atoms with Crippen LogP contribution in [-0.4, -0.2) is 35.9 Å². The molecule has 2 N–H and O–H groups in total. The molecule has 0 aromatic rings. The average Bonchev–Trinajstić information content (AvgIpc) is 2.55. The number of carboxylic acid groups (broad SMARTS) is 1. The van der Waals surface area contributed by atoms with Crippen LogP contribution in [0.15, 0.2) is 0 Å². The van der Waals surface area contributed by atoms with Crippen molar-refractivity contribution in [1.82, 2.24) is 5.32 Å². The number of aliphatic carboxylic acids is 1. The zero-order valence-corrected chi connectivity index (χ0v) is 9.96. The van der Waals surface area contributed by atoms with Crippen LogP contribution in [0.25, 0.3) is 0 Å². The minimum absolute atomic E-state index is 0.277. The second-order valence-electron chi connectivity index (χ2n) is 5.26. The fourth-order valence-corrected chi connectivity index (χ4v) is 1.61. The minimum atomic E-state index is -0.796. The summed E-state index contributed by atoms with van der Waals surface area (Å²) in [5.74, 6) is -0.779. The quantitative estimate of drug-likeness (QED) is 0.741. The smallest absolute Gasteiger partial charge is 0.310 e. The fourth-order valence-electron chi connectivity index (χ4n) is 1.61. The van der Waals surface area contributed by atoms with Gasteiger partial charge in [0, 0.05) is 18.2 Å². The molecular formula is C11H21NO3. The third-order valence-corrected chi connectivity index (χ3v) is 3.59. The lowest BCUT2D eigenvalue weighted by molar-refractivity contribution is -0.151. The third kappa shape index (κ3) is 2.49. The standard InChI is InChI=1S/C11H21NO3/c1-10(2,9(13)14)11(3,4)12-8-5-6-15-7-8/h8,12H,5-7H2,1-4H3,(H,13,14). The summed E-state index contributed by atoms with van der Waals surface area (Å²) in [4.78, 5) is 11.2. The van der Waals surface area contributed by atoms with E-state index in [4.69, 9.17) is 4.74 Å². The minimum Gasteiger partial charge on any atom is -0.481 e. The highest BCUT2D eigenvalue weighted by Gasteiger charge is 2.44. The Labute approximate surface area is 91.0 Å². The Morgan fingerprint density at radius 1 is 1.40 bits per heavy atom. The van der Waals surface area contributed by atoms with Gasteiger partial charge in [-0.05, 0) is 34.1 Å². The molecule has 1 fully saturated rings. The summed E-state index contributed by atoms with van der Waals surface area (Å²) in [6.07, 6.45) is 0.957. The second kappa shape index (κ2) is 4.10. The molecule has 1 unspecified atom stereocenters. The first-order valence-corrected chi connectivity index (χ1v) is 5.36. The van der Waals surface area contributed by atoms with Crippen molar-refractivity contribution < 1.29 is 14.6 Å². The van der Waals surface area contributed by atoms with E-state index in [2.05, 4.69) is 5.32 Å². The summed E-state index contributed by atoms with van der Waals surface area (Å²) < 4.78 is 5.27. The molecule has 0 spiro atoms. The lowest BCUT2D eigenvalue weighted by Gasteiger charge is -2.40. The van der Waals surface area contributed by atoms with Gasteiger partial charge in [-0.3, -0.25) is 4.79 Å². The van der Waals surface area contributed by atoms with Gasteiger partial charge in [-0.2, -0.15) is 0 Å². The van der Waals surface area contributed by atoms with Gasteiger partial charge in [0.1, 0.15) is 0 Å². The molecule has 4 heteroatoms. The molecule has 0 aliphatic carbocycles. The van der Waals surface area contributed by atoms with E-state index in [0.29, 0.717) is 6.61 Å². The van der Waals surface area contributed by atoms with Crippen LogP contribution in [0.4, 0.5) is 0 Å². The molecule has 4 nitrogen and oxygen atoms in total. The Kier molecular flexibility index (Phi) is 3.41. The van der Waals surface area contributed by atoms with Crippen LogP contribution in [0.1, 0.15) is 34.1 Å². The van der Waals surface area contributed by atoms with Crippen LogP contribution in [-0.2, 0) is 9.53 Å². The third-order valence-electron chi connectivity index (χ3n) is 3.59. The van der Waals surface area contributed by atoms with Crippen molar-refractivity contribution in [2.24, 2.45) is 5.41 Å². The van der Waals surface area contributed by atoms with E-state index < -0.39 is 16.9 Å². The molecule has 0 aromatic heterocycles. The van der Waals surface area contributed by atoms with E-state index in [1.165, 1.54) is 0 Å². The molecule has 0 aromatic carbocycles. The molecule has 0 radical (unpaired) electrons. The van der Waals surface area contributed by atoms with Crippen molar-refractivity contribution in [2.45, 2.75) is 45.7 Å². The van der Waals surface area contributed by atoms with E-state index >= 15 is 0 Å². The van der Waals surface area contributed by atoms with Gasteiger partial charge in [-0.15, -0.1) is 0 Å². The van der Waals surface area contributed by atoms with E-state index in [9.17, 15) is 9.90 Å². The summed E-state index contributed by atoms with van der Waals surface area (Å²) in [7, 11) is 0. The average molecular weight is 215 g/mol. The number of ether oxygens (including phenoxy) is 1. The maximum absolute atomic E-state index is 11.2. The van der Waals surface area contributed by atoms with E-state index in [-0.39, 0.29) is 6.04 Å².